The molecule has 0 saturated heterocycles. The van der Waals surface area contributed by atoms with Crippen molar-refractivity contribution in [2.45, 2.75) is 11.8 Å². The summed E-state index contributed by atoms with van der Waals surface area (Å²) in [7, 11) is 3.12. The summed E-state index contributed by atoms with van der Waals surface area (Å²) in [6.07, 6.45) is 2.19. The molecule has 1 aromatic heterocycles. The van der Waals surface area contributed by atoms with Crippen LogP contribution in [0.1, 0.15) is 12.1 Å². The monoisotopic (exact) mass is 329 g/mol. The molecule has 2 atom stereocenters. The fourth-order valence-electron chi connectivity index (χ4n) is 2.92. The smallest absolute Gasteiger partial charge is 0.307 e. The highest BCUT2D eigenvalue weighted by Gasteiger charge is 2.61. The van der Waals surface area contributed by atoms with Crippen molar-refractivity contribution in [1.29, 1.82) is 0 Å². The van der Waals surface area contributed by atoms with Gasteiger partial charge in [-0.1, -0.05) is 6.07 Å². The molecule has 24 heavy (non-hydrogen) atoms. The number of aliphatic carboxylic acids is 1. The fraction of sp³-hybridized carbons (Fsp3) is 0.333. The number of pyridine rings is 1. The SMILES string of the molecule is COc1ccc(OCC2(c3ccccn3)CC2C(=O)O)cc1OC. The predicted octanol–water partition coefficient (Wildman–Crippen LogP) is 2.52. The molecule has 0 amide bonds. The molecule has 1 saturated carbocycles. The second kappa shape index (κ2) is 6.39. The highest BCUT2D eigenvalue weighted by Crippen LogP contribution is 2.54. The number of carboxylic acids is 1. The van der Waals surface area contributed by atoms with Crippen LogP contribution in [-0.2, 0) is 10.2 Å². The van der Waals surface area contributed by atoms with E-state index in [1.807, 2.05) is 18.2 Å². The molecule has 1 aliphatic rings. The summed E-state index contributed by atoms with van der Waals surface area (Å²) >= 11 is 0. The van der Waals surface area contributed by atoms with Crippen LogP contribution in [0.15, 0.2) is 42.6 Å². The lowest BCUT2D eigenvalue weighted by Gasteiger charge is -2.18. The molecule has 1 N–H and O–H groups in total. The average molecular weight is 329 g/mol. The van der Waals surface area contributed by atoms with Gasteiger partial charge < -0.3 is 19.3 Å². The van der Waals surface area contributed by atoms with Gasteiger partial charge in [0.2, 0.25) is 0 Å². The van der Waals surface area contributed by atoms with Crippen molar-refractivity contribution in [2.75, 3.05) is 20.8 Å². The van der Waals surface area contributed by atoms with Crippen molar-refractivity contribution < 1.29 is 24.1 Å². The molecule has 1 aromatic carbocycles. The molecule has 3 rings (SSSR count). The van der Waals surface area contributed by atoms with Crippen molar-refractivity contribution in [3.63, 3.8) is 0 Å². The number of rotatable bonds is 7. The number of carbonyl (C=O) groups is 1. The van der Waals surface area contributed by atoms with E-state index in [2.05, 4.69) is 4.98 Å². The van der Waals surface area contributed by atoms with E-state index in [-0.39, 0.29) is 6.61 Å². The number of hydrogen-bond donors (Lipinski definition) is 1. The number of ether oxygens (including phenoxy) is 3. The van der Waals surface area contributed by atoms with Gasteiger partial charge in [0.1, 0.15) is 12.4 Å². The van der Waals surface area contributed by atoms with Gasteiger partial charge in [-0.05, 0) is 30.7 Å². The molecule has 126 valence electrons. The van der Waals surface area contributed by atoms with Gasteiger partial charge in [0.25, 0.3) is 0 Å². The number of methoxy groups -OCH3 is 2. The normalized spacial score (nSPS) is 21.8. The van der Waals surface area contributed by atoms with Crippen LogP contribution in [0, 0.1) is 5.92 Å². The Balaban J connectivity index is 1.80. The van der Waals surface area contributed by atoms with E-state index in [9.17, 15) is 9.90 Å². The molecule has 6 heteroatoms. The minimum Gasteiger partial charge on any atom is -0.493 e. The van der Waals surface area contributed by atoms with Gasteiger partial charge in [0.15, 0.2) is 11.5 Å². The van der Waals surface area contributed by atoms with Crippen molar-refractivity contribution in [2.24, 2.45) is 5.92 Å². The third-order valence-electron chi connectivity index (χ3n) is 4.40. The van der Waals surface area contributed by atoms with E-state index in [1.165, 1.54) is 0 Å². The van der Waals surface area contributed by atoms with Gasteiger partial charge in [-0.15, -0.1) is 0 Å². The minimum absolute atomic E-state index is 0.246. The number of aromatic nitrogens is 1. The second-order valence-electron chi connectivity index (χ2n) is 5.77. The zero-order chi connectivity index (χ0) is 17.2. The van der Waals surface area contributed by atoms with Crippen LogP contribution in [0.25, 0.3) is 0 Å². The summed E-state index contributed by atoms with van der Waals surface area (Å²) in [5, 5.41) is 9.38. The van der Waals surface area contributed by atoms with Gasteiger partial charge in [-0.2, -0.15) is 0 Å². The third-order valence-corrected chi connectivity index (χ3v) is 4.40. The van der Waals surface area contributed by atoms with E-state index >= 15 is 0 Å². The highest BCUT2D eigenvalue weighted by atomic mass is 16.5. The van der Waals surface area contributed by atoms with Crippen molar-refractivity contribution in [3.8, 4) is 17.2 Å². The van der Waals surface area contributed by atoms with E-state index < -0.39 is 17.3 Å². The molecule has 0 aliphatic heterocycles. The Morgan fingerprint density at radius 1 is 1.25 bits per heavy atom. The molecule has 2 unspecified atom stereocenters. The summed E-state index contributed by atoms with van der Waals surface area (Å²) in [5.74, 6) is 0.467. The van der Waals surface area contributed by atoms with E-state index in [0.717, 1.165) is 5.69 Å². The van der Waals surface area contributed by atoms with E-state index in [4.69, 9.17) is 14.2 Å². The standard InChI is InChI=1S/C18H19NO5/c1-22-14-7-6-12(9-15(14)23-2)24-11-18(10-13(18)17(20)21)16-5-3-4-8-19-16/h3-9,13H,10-11H2,1-2H3,(H,20,21). The molecule has 1 heterocycles. The van der Waals surface area contributed by atoms with Gasteiger partial charge in [0, 0.05) is 12.3 Å². The summed E-state index contributed by atoms with van der Waals surface area (Å²) in [4.78, 5) is 15.8. The topological polar surface area (TPSA) is 77.9 Å². The maximum Gasteiger partial charge on any atom is 0.307 e. The average Bonchev–Trinajstić information content (AvgIpc) is 3.37. The molecule has 6 nitrogen and oxygen atoms in total. The molecular weight excluding hydrogens is 310 g/mol. The number of nitrogens with zero attached hydrogens (tertiary/aromatic N) is 1. The molecule has 2 aromatic rings. The predicted molar refractivity (Wildman–Crippen MR) is 86.7 cm³/mol. The molecule has 0 spiro atoms. The van der Waals surface area contributed by atoms with Gasteiger partial charge in [0.05, 0.1) is 31.2 Å². The van der Waals surface area contributed by atoms with E-state index in [1.54, 1.807) is 38.6 Å². The Kier molecular flexibility index (Phi) is 4.29. The third kappa shape index (κ3) is 2.87. The van der Waals surface area contributed by atoms with Gasteiger partial charge in [-0.3, -0.25) is 9.78 Å². The summed E-state index contributed by atoms with van der Waals surface area (Å²) in [6, 6.07) is 10.8. The Morgan fingerprint density at radius 2 is 2.04 bits per heavy atom. The van der Waals surface area contributed by atoms with Crippen LogP contribution in [-0.4, -0.2) is 36.9 Å². The largest absolute Gasteiger partial charge is 0.493 e. The molecular formula is C18H19NO5. The fourth-order valence-corrected chi connectivity index (χ4v) is 2.92. The summed E-state index contributed by atoms with van der Waals surface area (Å²) in [6.45, 7) is 0.246. The lowest BCUT2D eigenvalue weighted by molar-refractivity contribution is -0.139. The van der Waals surface area contributed by atoms with Crippen LogP contribution in [0.2, 0.25) is 0 Å². The Labute approximate surface area is 140 Å². The maximum atomic E-state index is 11.4. The lowest BCUT2D eigenvalue weighted by atomic mass is 9.99. The maximum absolute atomic E-state index is 11.4. The molecule has 0 bridgehead atoms. The van der Waals surface area contributed by atoms with Crippen molar-refractivity contribution in [3.05, 3.63) is 48.3 Å². The zero-order valence-electron chi connectivity index (χ0n) is 13.6. The number of hydrogen-bond acceptors (Lipinski definition) is 5. The number of benzene rings is 1. The van der Waals surface area contributed by atoms with Crippen molar-refractivity contribution >= 4 is 5.97 Å². The molecule has 1 fully saturated rings. The van der Waals surface area contributed by atoms with Crippen LogP contribution >= 0.6 is 0 Å². The van der Waals surface area contributed by atoms with Crippen LogP contribution in [0.5, 0.6) is 17.2 Å². The van der Waals surface area contributed by atoms with Gasteiger partial charge in [-0.25, -0.2) is 0 Å². The first-order valence-corrected chi connectivity index (χ1v) is 7.60. The summed E-state index contributed by atoms with van der Waals surface area (Å²) < 4.78 is 16.3. The Bertz CT molecular complexity index is 733. The first kappa shape index (κ1) is 16.1. The molecule has 0 radical (unpaired) electrons. The number of carboxylic acid groups (broad SMARTS) is 1. The molecule has 1 aliphatic carbocycles. The van der Waals surface area contributed by atoms with Crippen LogP contribution < -0.4 is 14.2 Å². The summed E-state index contributed by atoms with van der Waals surface area (Å²) in [5.41, 5.74) is 0.165. The minimum atomic E-state index is -0.823. The van der Waals surface area contributed by atoms with E-state index in [0.29, 0.717) is 23.7 Å². The van der Waals surface area contributed by atoms with Crippen LogP contribution in [0.4, 0.5) is 0 Å². The van der Waals surface area contributed by atoms with Crippen LogP contribution in [0.3, 0.4) is 0 Å². The quantitative estimate of drug-likeness (QED) is 0.841. The second-order valence-corrected chi connectivity index (χ2v) is 5.77. The lowest BCUT2D eigenvalue weighted by Crippen LogP contribution is -2.24. The Hall–Kier alpha value is -2.76. The first-order chi connectivity index (χ1) is 11.6. The zero-order valence-corrected chi connectivity index (χ0v) is 13.6. The van der Waals surface area contributed by atoms with Gasteiger partial charge >= 0.3 is 5.97 Å². The Morgan fingerprint density at radius 3 is 2.62 bits per heavy atom. The highest BCUT2D eigenvalue weighted by molar-refractivity contribution is 5.77. The van der Waals surface area contributed by atoms with Crippen molar-refractivity contribution in [1.82, 2.24) is 4.98 Å². The first-order valence-electron chi connectivity index (χ1n) is 7.60.